The van der Waals surface area contributed by atoms with Crippen molar-refractivity contribution in [2.75, 3.05) is 26.9 Å². The van der Waals surface area contributed by atoms with Crippen LogP contribution in [0, 0.1) is 10.1 Å². The molecule has 3 N–H and O–H groups in total. The van der Waals surface area contributed by atoms with Crippen molar-refractivity contribution in [2.24, 2.45) is 0 Å². The molecule has 1 aliphatic heterocycles. The lowest BCUT2D eigenvalue weighted by molar-refractivity contribution is -0.384. The molecule has 0 saturated heterocycles. The number of nitro benzene ring substituents is 1. The fourth-order valence-corrected chi connectivity index (χ4v) is 4.70. The summed E-state index contributed by atoms with van der Waals surface area (Å²) >= 11 is 0. The average molecular weight is 672 g/mol. The van der Waals surface area contributed by atoms with Gasteiger partial charge in [0.2, 0.25) is 0 Å². The number of halogens is 4. The summed E-state index contributed by atoms with van der Waals surface area (Å²) < 4.78 is 57.9. The van der Waals surface area contributed by atoms with E-state index in [2.05, 4.69) is 15.4 Å². The van der Waals surface area contributed by atoms with E-state index in [1.165, 1.54) is 19.1 Å². The summed E-state index contributed by atoms with van der Waals surface area (Å²) in [7, 11) is 0.893. The maximum Gasteiger partial charge on any atom is 0.431 e. The number of carbonyl (C=O) groups is 2. The third-order valence-corrected chi connectivity index (χ3v) is 6.86. The predicted molar refractivity (Wildman–Crippen MR) is 164 cm³/mol. The number of benzene rings is 2. The number of hydrogen-bond acceptors (Lipinski definition) is 10. The first-order valence-electron chi connectivity index (χ1n) is 14.1. The summed E-state index contributed by atoms with van der Waals surface area (Å²) in [6.45, 7) is 5.59. The summed E-state index contributed by atoms with van der Waals surface area (Å²) in [5.41, 5.74) is -2.53. The van der Waals surface area contributed by atoms with Gasteiger partial charge < -0.3 is 30.0 Å². The number of non-ortho nitro benzene ring substituents is 1. The summed E-state index contributed by atoms with van der Waals surface area (Å²) in [6, 6.07) is 12.0. The second-order valence-electron chi connectivity index (χ2n) is 10.6. The highest BCUT2D eigenvalue weighted by atomic mass is 35.5. The maximum absolute atomic E-state index is 14.1. The molecule has 2 unspecified atom stereocenters. The van der Waals surface area contributed by atoms with Crippen LogP contribution in [0.3, 0.4) is 0 Å². The second kappa shape index (κ2) is 17.0. The highest BCUT2D eigenvalue weighted by Crippen LogP contribution is 2.44. The number of aliphatic hydroxyl groups excluding tert-OH is 1. The molecule has 0 aliphatic carbocycles. The van der Waals surface area contributed by atoms with Crippen LogP contribution < -0.4 is 15.4 Å². The highest BCUT2D eigenvalue weighted by molar-refractivity contribution is 6.00. The molecule has 0 bridgehead atoms. The summed E-state index contributed by atoms with van der Waals surface area (Å²) in [4.78, 5) is 36.7. The van der Waals surface area contributed by atoms with E-state index in [1.807, 2.05) is 26.0 Å². The van der Waals surface area contributed by atoms with Crippen molar-refractivity contribution >= 4 is 30.0 Å². The van der Waals surface area contributed by atoms with Gasteiger partial charge in [-0.25, -0.2) is 9.59 Å². The van der Waals surface area contributed by atoms with Crippen LogP contribution in [0.5, 0.6) is 5.75 Å². The van der Waals surface area contributed by atoms with E-state index in [4.69, 9.17) is 9.47 Å². The normalized spacial score (nSPS) is 15.5. The molecular weight excluding hydrogens is 635 g/mol. The molecule has 0 saturated carbocycles. The number of dihydropyridines is 1. The van der Waals surface area contributed by atoms with Crippen molar-refractivity contribution in [1.82, 2.24) is 10.6 Å². The molecule has 11 nitrogen and oxygen atoms in total. The Morgan fingerprint density at radius 1 is 1.11 bits per heavy atom. The lowest BCUT2D eigenvalue weighted by Gasteiger charge is -2.31. The van der Waals surface area contributed by atoms with Crippen LogP contribution in [-0.2, 0) is 25.5 Å². The number of hydrogen-bond donors (Lipinski definition) is 3. The first kappa shape index (κ1) is 38.0. The van der Waals surface area contributed by atoms with Crippen LogP contribution in [0.4, 0.5) is 18.9 Å². The number of ether oxygens (including phenoxy) is 3. The largest absolute Gasteiger partial charge is 0.491 e. The Balaban J connectivity index is 0.00000736. The van der Waals surface area contributed by atoms with E-state index in [9.17, 15) is 38.0 Å². The number of aryl methyl sites for hydroxylation is 1. The summed E-state index contributed by atoms with van der Waals surface area (Å²) in [6.07, 6.45) is -4.86. The van der Waals surface area contributed by atoms with Crippen molar-refractivity contribution in [3.63, 3.8) is 0 Å². The molecule has 1 heterocycles. The number of carbonyl (C=O) groups excluding carboxylic acids is 2. The van der Waals surface area contributed by atoms with Crippen LogP contribution in [0.15, 0.2) is 71.1 Å². The number of esters is 2. The van der Waals surface area contributed by atoms with Gasteiger partial charge in [-0.1, -0.05) is 38.1 Å². The number of allylic oxidation sites excluding steroid dienone is 2. The zero-order valence-electron chi connectivity index (χ0n) is 25.7. The molecule has 15 heteroatoms. The number of nitrogens with one attached hydrogen (secondary N) is 2. The Labute approximate surface area is 270 Å². The predicted octanol–water partition coefficient (Wildman–Crippen LogP) is 4.88. The molecule has 0 fully saturated rings. The van der Waals surface area contributed by atoms with Crippen LogP contribution >= 0.6 is 12.4 Å². The second-order valence-corrected chi connectivity index (χ2v) is 10.6. The van der Waals surface area contributed by atoms with E-state index in [0.717, 1.165) is 24.8 Å². The van der Waals surface area contributed by atoms with E-state index in [-0.39, 0.29) is 48.5 Å². The minimum Gasteiger partial charge on any atom is -0.491 e. The Kier molecular flexibility index (Phi) is 14.0. The molecule has 2 aromatic rings. The molecule has 0 aromatic heterocycles. The van der Waals surface area contributed by atoms with Gasteiger partial charge in [0.1, 0.15) is 24.2 Å². The van der Waals surface area contributed by atoms with Gasteiger partial charge in [-0.15, -0.1) is 12.4 Å². The number of alkyl halides is 3. The quantitative estimate of drug-likeness (QED) is 0.110. The third-order valence-electron chi connectivity index (χ3n) is 6.86. The smallest absolute Gasteiger partial charge is 0.431 e. The lowest BCUT2D eigenvalue weighted by Crippen LogP contribution is -2.38. The van der Waals surface area contributed by atoms with Crippen LogP contribution in [0.1, 0.15) is 44.2 Å². The number of rotatable bonds is 14. The molecule has 46 heavy (non-hydrogen) atoms. The van der Waals surface area contributed by atoms with Gasteiger partial charge in [-0.2, -0.15) is 13.2 Å². The first-order chi connectivity index (χ1) is 21.2. The fourth-order valence-electron chi connectivity index (χ4n) is 4.70. The van der Waals surface area contributed by atoms with E-state index >= 15 is 0 Å². The molecule has 0 amide bonds. The monoisotopic (exact) mass is 671 g/mol. The summed E-state index contributed by atoms with van der Waals surface area (Å²) in [5, 5.41) is 26.6. The Hall–Kier alpha value is -4.14. The average Bonchev–Trinajstić information content (AvgIpc) is 3.00. The Morgan fingerprint density at radius 2 is 1.78 bits per heavy atom. The van der Waals surface area contributed by atoms with Gasteiger partial charge in [0.05, 0.1) is 35.7 Å². The molecule has 0 radical (unpaired) electrons. The number of aliphatic hydroxyl groups is 1. The number of nitrogens with zero attached hydrogens (tertiary/aromatic N) is 1. The molecular formula is C31H37ClF3N3O8. The SMILES string of the molecule is COC(=O)C1=C(C(F)(F)F)NC(C)=C(C(=O)OCCCc2ccc(OCC(O)CNC(C)C)cc2)C1c1cccc([N+](=O)[O-])c1.Cl. The van der Waals surface area contributed by atoms with Crippen LogP contribution in [0.25, 0.3) is 0 Å². The molecule has 3 rings (SSSR count). The number of nitro groups is 1. The van der Waals surface area contributed by atoms with Gasteiger partial charge in [0.15, 0.2) is 0 Å². The van der Waals surface area contributed by atoms with Crippen LogP contribution in [-0.4, -0.2) is 67.2 Å². The zero-order chi connectivity index (χ0) is 33.3. The van der Waals surface area contributed by atoms with E-state index in [0.29, 0.717) is 25.1 Å². The molecule has 252 valence electrons. The highest BCUT2D eigenvalue weighted by Gasteiger charge is 2.47. The Bertz CT molecular complexity index is 1450. The van der Waals surface area contributed by atoms with Gasteiger partial charge >= 0.3 is 18.1 Å². The van der Waals surface area contributed by atoms with Crippen molar-refractivity contribution in [3.8, 4) is 5.75 Å². The molecule has 0 spiro atoms. The minimum atomic E-state index is -5.04. The molecule has 2 atom stereocenters. The lowest BCUT2D eigenvalue weighted by atomic mass is 9.80. The fraction of sp³-hybridized carbons (Fsp3) is 0.419. The standard InChI is InChI=1S/C31H36F3N3O8.ClH/c1-18(2)35-16-23(38)17-45-24-12-10-20(11-13-24)7-6-14-44-30(40)25-19(3)36-28(31(32,33)34)27(29(39)43-4)26(25)21-8-5-9-22(15-21)37(41)42;/h5,8-13,15,18,23,26,35-36,38H,6-7,14,16-17H2,1-4H3;1H. The van der Waals surface area contributed by atoms with E-state index in [1.54, 1.807) is 12.1 Å². The first-order valence-corrected chi connectivity index (χ1v) is 14.1. The minimum absolute atomic E-state index is 0. The topological polar surface area (TPSA) is 149 Å². The van der Waals surface area contributed by atoms with Gasteiger partial charge in [0, 0.05) is 30.4 Å². The summed E-state index contributed by atoms with van der Waals surface area (Å²) in [5.74, 6) is -3.44. The third kappa shape index (κ3) is 10.2. The zero-order valence-corrected chi connectivity index (χ0v) is 26.5. The van der Waals surface area contributed by atoms with Crippen LogP contribution in [0.2, 0.25) is 0 Å². The molecule has 2 aromatic carbocycles. The van der Waals surface area contributed by atoms with Gasteiger partial charge in [0.25, 0.3) is 5.69 Å². The van der Waals surface area contributed by atoms with Crippen molar-refractivity contribution in [2.45, 2.75) is 57.9 Å². The van der Waals surface area contributed by atoms with E-state index < -0.39 is 52.0 Å². The van der Waals surface area contributed by atoms with Crippen molar-refractivity contribution < 1.29 is 47.0 Å². The van der Waals surface area contributed by atoms with Crippen molar-refractivity contribution in [3.05, 3.63) is 92.3 Å². The Morgan fingerprint density at radius 3 is 2.37 bits per heavy atom. The maximum atomic E-state index is 14.1. The molecule has 1 aliphatic rings. The number of methoxy groups -OCH3 is 1. The van der Waals surface area contributed by atoms with Gasteiger partial charge in [-0.05, 0) is 43.0 Å². The van der Waals surface area contributed by atoms with Crippen molar-refractivity contribution in [1.29, 1.82) is 0 Å². The van der Waals surface area contributed by atoms with Gasteiger partial charge in [-0.3, -0.25) is 10.1 Å².